The summed E-state index contributed by atoms with van der Waals surface area (Å²) in [6, 6.07) is 67.6. The first-order chi connectivity index (χ1) is 28.1. The number of fused-ring (bicyclic) bond motifs is 6. The molecule has 0 amide bonds. The third kappa shape index (κ3) is 6.75. The lowest BCUT2D eigenvalue weighted by molar-refractivity contribution is 1.06. The topological polar surface area (TPSA) is 63.6 Å². The van der Waals surface area contributed by atoms with Crippen LogP contribution in [0, 0.1) is 0 Å². The van der Waals surface area contributed by atoms with Gasteiger partial charge in [0.15, 0.2) is 5.84 Å². The smallest absolute Gasteiger partial charge is 0.157 e. The maximum Gasteiger partial charge on any atom is 0.157 e. The molecular formula is C52H36N4S. The average Bonchev–Trinajstić information content (AvgIpc) is 3.68. The van der Waals surface area contributed by atoms with Crippen molar-refractivity contribution >= 4 is 64.9 Å². The molecule has 0 aliphatic rings. The van der Waals surface area contributed by atoms with Gasteiger partial charge in [-0.15, -0.1) is 11.3 Å². The maximum absolute atomic E-state index is 6.72. The van der Waals surface area contributed by atoms with Gasteiger partial charge in [0.05, 0.1) is 17.8 Å². The van der Waals surface area contributed by atoms with Crippen LogP contribution in [0.15, 0.2) is 204 Å². The highest BCUT2D eigenvalue weighted by Gasteiger charge is 2.17. The fraction of sp³-hybridized carbons (Fsp3) is 0.0192. The van der Waals surface area contributed by atoms with E-state index in [1.165, 1.54) is 41.9 Å². The number of hydrogen-bond acceptors (Lipinski definition) is 3. The van der Waals surface area contributed by atoms with Gasteiger partial charge in [-0.3, -0.25) is 4.99 Å². The van der Waals surface area contributed by atoms with E-state index >= 15 is 0 Å². The Kier molecular flexibility index (Phi) is 8.90. The minimum Gasteiger partial charge on any atom is -0.383 e. The number of aromatic nitrogens is 1. The fourth-order valence-corrected chi connectivity index (χ4v) is 8.87. The molecule has 5 heteroatoms. The van der Waals surface area contributed by atoms with Crippen LogP contribution in [0.2, 0.25) is 0 Å². The van der Waals surface area contributed by atoms with Gasteiger partial charge in [-0.25, -0.2) is 9.98 Å². The summed E-state index contributed by atoms with van der Waals surface area (Å²) in [6.07, 6.45) is 0. The van der Waals surface area contributed by atoms with Gasteiger partial charge < -0.3 is 5.73 Å². The van der Waals surface area contributed by atoms with Crippen molar-refractivity contribution in [2.45, 2.75) is 6.54 Å². The molecule has 10 rings (SSSR count). The van der Waals surface area contributed by atoms with Crippen molar-refractivity contribution in [3.8, 4) is 33.5 Å². The highest BCUT2D eigenvalue weighted by molar-refractivity contribution is 7.26. The van der Waals surface area contributed by atoms with Crippen molar-refractivity contribution in [1.29, 1.82) is 0 Å². The standard InChI is InChI=1S/C52H36N4S/c53-51(56-52(38-16-5-2-6-17-38)54-33-34-13-11-20-39(29-34)35-14-3-1-4-15-35)37-27-25-36(26-28-37)40-21-12-22-43(30-40)49-48-44-23-9-10-24-47(44)57-50(48)45-31-41-18-7-8-19-42(41)32-46(45)55-49/h1-32H,33H2,(H2,53,54,56). The number of aliphatic imine (C=N–C) groups is 2. The van der Waals surface area contributed by atoms with Crippen LogP contribution in [-0.2, 0) is 6.54 Å². The molecule has 0 fully saturated rings. The average molecular weight is 749 g/mol. The second kappa shape index (κ2) is 14.8. The first kappa shape index (κ1) is 34.3. The van der Waals surface area contributed by atoms with E-state index in [0.29, 0.717) is 18.2 Å². The summed E-state index contributed by atoms with van der Waals surface area (Å²) < 4.78 is 2.53. The van der Waals surface area contributed by atoms with E-state index in [-0.39, 0.29) is 0 Å². The molecule has 10 aromatic rings. The minimum atomic E-state index is 0.413. The third-order valence-corrected chi connectivity index (χ3v) is 11.7. The molecule has 0 saturated heterocycles. The van der Waals surface area contributed by atoms with E-state index in [1.807, 2.05) is 59.9 Å². The summed E-state index contributed by atoms with van der Waals surface area (Å²) in [7, 11) is 0. The van der Waals surface area contributed by atoms with Crippen molar-refractivity contribution in [3.05, 3.63) is 211 Å². The Labute approximate surface area is 335 Å². The largest absolute Gasteiger partial charge is 0.383 e. The summed E-state index contributed by atoms with van der Waals surface area (Å²) in [5, 5.41) is 6.05. The molecule has 270 valence electrons. The van der Waals surface area contributed by atoms with Crippen molar-refractivity contribution in [1.82, 2.24) is 4.98 Å². The third-order valence-electron chi connectivity index (χ3n) is 10.5. The van der Waals surface area contributed by atoms with E-state index < -0.39 is 0 Å². The van der Waals surface area contributed by atoms with Crippen LogP contribution in [-0.4, -0.2) is 16.7 Å². The molecule has 2 aromatic heterocycles. The minimum absolute atomic E-state index is 0.413. The number of pyridine rings is 1. The van der Waals surface area contributed by atoms with Crippen LogP contribution in [0.3, 0.4) is 0 Å². The lowest BCUT2D eigenvalue weighted by Gasteiger charge is -2.11. The Morgan fingerprint density at radius 1 is 0.509 bits per heavy atom. The Hall–Kier alpha value is -7.21. The van der Waals surface area contributed by atoms with Crippen LogP contribution in [0.1, 0.15) is 16.7 Å². The van der Waals surface area contributed by atoms with Crippen LogP contribution in [0.4, 0.5) is 0 Å². The van der Waals surface area contributed by atoms with Gasteiger partial charge in [0.2, 0.25) is 0 Å². The molecule has 2 N–H and O–H groups in total. The Morgan fingerprint density at radius 3 is 1.95 bits per heavy atom. The second-order valence-corrected chi connectivity index (χ2v) is 15.3. The zero-order chi connectivity index (χ0) is 38.1. The zero-order valence-electron chi connectivity index (χ0n) is 31.0. The number of rotatable bonds is 7. The maximum atomic E-state index is 6.72. The molecule has 0 bridgehead atoms. The van der Waals surface area contributed by atoms with Crippen molar-refractivity contribution in [2.75, 3.05) is 0 Å². The molecule has 4 nitrogen and oxygen atoms in total. The number of nitrogens with two attached hydrogens (primary N) is 1. The van der Waals surface area contributed by atoms with Crippen molar-refractivity contribution < 1.29 is 0 Å². The highest BCUT2D eigenvalue weighted by Crippen LogP contribution is 2.44. The van der Waals surface area contributed by atoms with E-state index in [2.05, 4.69) is 146 Å². The van der Waals surface area contributed by atoms with Crippen LogP contribution >= 0.6 is 11.3 Å². The number of hydrogen-bond donors (Lipinski definition) is 1. The van der Waals surface area contributed by atoms with Gasteiger partial charge in [-0.05, 0) is 68.9 Å². The molecule has 57 heavy (non-hydrogen) atoms. The number of thiophene rings is 1. The lowest BCUT2D eigenvalue weighted by atomic mass is 9.97. The van der Waals surface area contributed by atoms with Crippen molar-refractivity contribution in [2.24, 2.45) is 15.7 Å². The van der Waals surface area contributed by atoms with Gasteiger partial charge in [0, 0.05) is 42.2 Å². The Balaban J connectivity index is 0.983. The van der Waals surface area contributed by atoms with Crippen LogP contribution < -0.4 is 5.73 Å². The Morgan fingerprint density at radius 2 is 1.14 bits per heavy atom. The predicted molar refractivity (Wildman–Crippen MR) is 242 cm³/mol. The Bertz CT molecular complexity index is 3150. The van der Waals surface area contributed by atoms with Crippen molar-refractivity contribution in [3.63, 3.8) is 0 Å². The first-order valence-electron chi connectivity index (χ1n) is 19.1. The van der Waals surface area contributed by atoms with Gasteiger partial charge in [0.25, 0.3) is 0 Å². The number of amidine groups is 2. The SMILES string of the molecule is NC(=NC(=NCc1cccc(-c2ccccc2)c1)c1ccccc1)c1ccc(-c2cccc(-c3nc4cc5ccccc5cc4c4sc5ccccc5c34)c2)cc1. The van der Waals surface area contributed by atoms with E-state index in [9.17, 15) is 0 Å². The second-order valence-electron chi connectivity index (χ2n) is 14.2. The van der Waals surface area contributed by atoms with Gasteiger partial charge >= 0.3 is 0 Å². The van der Waals surface area contributed by atoms with E-state index in [0.717, 1.165) is 50.2 Å². The summed E-state index contributed by atoms with van der Waals surface area (Å²) in [4.78, 5) is 15.3. The fourth-order valence-electron chi connectivity index (χ4n) is 7.64. The molecule has 0 radical (unpaired) electrons. The van der Waals surface area contributed by atoms with Crippen LogP contribution in [0.5, 0.6) is 0 Å². The van der Waals surface area contributed by atoms with E-state index in [4.69, 9.17) is 20.7 Å². The summed E-state index contributed by atoms with van der Waals surface area (Å²) >= 11 is 1.85. The molecule has 2 heterocycles. The molecule has 0 atom stereocenters. The van der Waals surface area contributed by atoms with Gasteiger partial charge in [0.1, 0.15) is 5.84 Å². The molecule has 0 aliphatic carbocycles. The van der Waals surface area contributed by atoms with E-state index in [1.54, 1.807) is 0 Å². The molecule has 0 spiro atoms. The molecular weight excluding hydrogens is 713 g/mol. The predicted octanol–water partition coefficient (Wildman–Crippen LogP) is 13.1. The molecule has 8 aromatic carbocycles. The van der Waals surface area contributed by atoms with Gasteiger partial charge in [-0.2, -0.15) is 0 Å². The normalized spacial score (nSPS) is 12.2. The molecule has 0 saturated carbocycles. The molecule has 0 unspecified atom stereocenters. The number of nitrogens with zero attached hydrogens (tertiary/aromatic N) is 3. The summed E-state index contributed by atoms with van der Waals surface area (Å²) in [5.74, 6) is 1.01. The quantitative estimate of drug-likeness (QED) is 0.100. The monoisotopic (exact) mass is 748 g/mol. The van der Waals surface area contributed by atoms with Gasteiger partial charge in [-0.1, -0.05) is 164 Å². The summed E-state index contributed by atoms with van der Waals surface area (Å²) in [6.45, 7) is 0.479. The molecule has 0 aliphatic heterocycles. The van der Waals surface area contributed by atoms with Crippen LogP contribution in [0.25, 0.3) is 75.4 Å². The number of benzene rings is 8. The highest BCUT2D eigenvalue weighted by atomic mass is 32.1. The zero-order valence-corrected chi connectivity index (χ0v) is 31.8. The lowest BCUT2D eigenvalue weighted by Crippen LogP contribution is -2.16. The summed E-state index contributed by atoms with van der Waals surface area (Å²) in [5.41, 5.74) is 17.2. The first-order valence-corrected chi connectivity index (χ1v) is 19.9.